The van der Waals surface area contributed by atoms with Gasteiger partial charge in [-0.15, -0.1) is 0 Å². The van der Waals surface area contributed by atoms with Crippen molar-refractivity contribution >= 4 is 17.7 Å². The fourth-order valence-electron chi connectivity index (χ4n) is 3.68. The summed E-state index contributed by atoms with van der Waals surface area (Å²) in [6, 6.07) is 14.2. The van der Waals surface area contributed by atoms with Crippen molar-refractivity contribution in [2.75, 3.05) is 6.54 Å². The Hall–Kier alpha value is -4.01. The second-order valence-electron chi connectivity index (χ2n) is 7.98. The number of hydrogen-bond acceptors (Lipinski definition) is 5. The number of pyridine rings is 1. The van der Waals surface area contributed by atoms with Gasteiger partial charge in [0.2, 0.25) is 5.91 Å². The minimum absolute atomic E-state index is 0.117. The van der Waals surface area contributed by atoms with Crippen LogP contribution in [-0.4, -0.2) is 50.0 Å². The van der Waals surface area contributed by atoms with Gasteiger partial charge in [0.15, 0.2) is 5.69 Å². The largest absolute Gasteiger partial charge is 0.350 e. The van der Waals surface area contributed by atoms with E-state index in [1.165, 1.54) is 6.07 Å². The first-order valence-electron chi connectivity index (χ1n) is 10.9. The van der Waals surface area contributed by atoms with E-state index in [9.17, 15) is 14.4 Å². The van der Waals surface area contributed by atoms with Crippen molar-refractivity contribution in [1.82, 2.24) is 30.3 Å². The minimum atomic E-state index is -0.763. The normalized spacial score (nSPS) is 14.2. The lowest BCUT2D eigenvalue weighted by atomic mass is 10.2. The number of benzene rings is 1. The van der Waals surface area contributed by atoms with E-state index in [-0.39, 0.29) is 17.5 Å². The number of rotatable bonds is 7. The van der Waals surface area contributed by atoms with Gasteiger partial charge in [-0.2, -0.15) is 5.10 Å². The Morgan fingerprint density at radius 1 is 1.09 bits per heavy atom. The molecule has 0 saturated carbocycles. The van der Waals surface area contributed by atoms with Crippen LogP contribution in [0.15, 0.2) is 60.9 Å². The van der Waals surface area contributed by atoms with E-state index in [0.29, 0.717) is 31.9 Å². The molecule has 9 heteroatoms. The zero-order valence-electron chi connectivity index (χ0n) is 18.4. The van der Waals surface area contributed by atoms with Gasteiger partial charge in [0.1, 0.15) is 11.7 Å². The molecule has 0 radical (unpaired) electrons. The smallest absolute Gasteiger partial charge is 0.272 e. The van der Waals surface area contributed by atoms with Gasteiger partial charge in [-0.3, -0.25) is 24.0 Å². The second kappa shape index (κ2) is 10.1. The number of carbonyl (C=O) groups is 3. The molecule has 0 bridgehead atoms. The number of aryl methyl sites for hydroxylation is 1. The molecule has 2 aromatic heterocycles. The summed E-state index contributed by atoms with van der Waals surface area (Å²) in [4.78, 5) is 43.9. The van der Waals surface area contributed by atoms with Gasteiger partial charge in [0.05, 0.1) is 0 Å². The molecule has 9 nitrogen and oxygen atoms in total. The van der Waals surface area contributed by atoms with E-state index >= 15 is 0 Å². The first-order valence-corrected chi connectivity index (χ1v) is 10.9. The van der Waals surface area contributed by atoms with Crippen LogP contribution in [-0.2, 0) is 24.4 Å². The van der Waals surface area contributed by atoms with Gasteiger partial charge in [-0.1, -0.05) is 36.4 Å². The second-order valence-corrected chi connectivity index (χ2v) is 7.98. The Balaban J connectivity index is 1.38. The molecule has 1 aliphatic heterocycles. The Morgan fingerprint density at radius 2 is 1.88 bits per heavy atom. The van der Waals surface area contributed by atoms with Gasteiger partial charge in [-0.05, 0) is 30.5 Å². The molecule has 170 valence electrons. The number of nitrogens with one attached hydrogen (secondary N) is 2. The van der Waals surface area contributed by atoms with E-state index in [2.05, 4.69) is 20.7 Å². The summed E-state index contributed by atoms with van der Waals surface area (Å²) in [7, 11) is 0. The van der Waals surface area contributed by atoms with Crippen LogP contribution in [0.5, 0.6) is 0 Å². The van der Waals surface area contributed by atoms with Crippen LogP contribution in [0.25, 0.3) is 0 Å². The maximum absolute atomic E-state index is 13.1. The summed E-state index contributed by atoms with van der Waals surface area (Å²) >= 11 is 0. The van der Waals surface area contributed by atoms with E-state index in [1.54, 1.807) is 35.0 Å². The van der Waals surface area contributed by atoms with Crippen LogP contribution < -0.4 is 10.6 Å². The minimum Gasteiger partial charge on any atom is -0.350 e. The third-order valence-corrected chi connectivity index (χ3v) is 5.46. The monoisotopic (exact) mass is 446 g/mol. The third-order valence-electron chi connectivity index (χ3n) is 5.46. The topological polar surface area (TPSA) is 109 Å². The van der Waals surface area contributed by atoms with Crippen molar-refractivity contribution in [3.63, 3.8) is 0 Å². The highest BCUT2D eigenvalue weighted by Crippen LogP contribution is 2.16. The average molecular weight is 447 g/mol. The summed E-state index contributed by atoms with van der Waals surface area (Å²) < 4.78 is 1.58. The molecule has 1 aromatic carbocycles. The van der Waals surface area contributed by atoms with Crippen molar-refractivity contribution in [2.24, 2.45) is 0 Å². The Kier molecular flexibility index (Phi) is 6.77. The number of nitrogens with zero attached hydrogens (tertiary/aromatic N) is 4. The first kappa shape index (κ1) is 22.2. The quantitative estimate of drug-likeness (QED) is 0.575. The Labute approximate surface area is 191 Å². The number of hydrogen-bond donors (Lipinski definition) is 2. The van der Waals surface area contributed by atoms with Crippen molar-refractivity contribution < 1.29 is 14.4 Å². The van der Waals surface area contributed by atoms with Gasteiger partial charge < -0.3 is 15.5 Å². The SMILES string of the molecule is C[C@@H](NC(=O)c1cc2n(n1)CCCN(Cc1ccccc1)C2=O)C(=O)NCc1cccnc1. The van der Waals surface area contributed by atoms with E-state index in [0.717, 1.165) is 17.5 Å². The van der Waals surface area contributed by atoms with Gasteiger partial charge in [-0.25, -0.2) is 0 Å². The van der Waals surface area contributed by atoms with E-state index < -0.39 is 11.9 Å². The van der Waals surface area contributed by atoms with Crippen LogP contribution in [0.2, 0.25) is 0 Å². The lowest BCUT2D eigenvalue weighted by Crippen LogP contribution is -2.44. The van der Waals surface area contributed by atoms with Crippen molar-refractivity contribution in [2.45, 2.75) is 39.0 Å². The molecule has 2 N–H and O–H groups in total. The third kappa shape index (κ3) is 5.43. The maximum Gasteiger partial charge on any atom is 0.272 e. The molecule has 3 heterocycles. The Bertz CT molecular complexity index is 1130. The molecular weight excluding hydrogens is 420 g/mol. The van der Waals surface area contributed by atoms with Crippen molar-refractivity contribution in [3.05, 3.63) is 83.4 Å². The van der Waals surface area contributed by atoms with Crippen LogP contribution in [0.1, 0.15) is 45.4 Å². The zero-order valence-corrected chi connectivity index (χ0v) is 18.4. The molecule has 4 rings (SSSR count). The molecule has 33 heavy (non-hydrogen) atoms. The maximum atomic E-state index is 13.1. The number of aromatic nitrogens is 3. The lowest BCUT2D eigenvalue weighted by Gasteiger charge is -2.20. The zero-order chi connectivity index (χ0) is 23.2. The molecule has 3 aromatic rings. The summed E-state index contributed by atoms with van der Waals surface area (Å²) in [6.45, 7) is 3.58. The van der Waals surface area contributed by atoms with Crippen molar-refractivity contribution in [1.29, 1.82) is 0 Å². The average Bonchev–Trinajstić information content (AvgIpc) is 3.21. The highest BCUT2D eigenvalue weighted by molar-refractivity contribution is 5.99. The summed E-state index contributed by atoms with van der Waals surface area (Å²) in [5.41, 5.74) is 2.40. The van der Waals surface area contributed by atoms with Crippen LogP contribution >= 0.6 is 0 Å². The fourth-order valence-corrected chi connectivity index (χ4v) is 3.68. The van der Waals surface area contributed by atoms with Gasteiger partial charge in [0.25, 0.3) is 11.8 Å². The first-order chi connectivity index (χ1) is 16.0. The number of fused-ring (bicyclic) bond motifs is 1. The molecule has 1 atom stereocenters. The predicted octanol–water partition coefficient (Wildman–Crippen LogP) is 1.76. The molecule has 0 saturated heterocycles. The molecule has 0 fully saturated rings. The van der Waals surface area contributed by atoms with Crippen LogP contribution in [0, 0.1) is 0 Å². The lowest BCUT2D eigenvalue weighted by molar-refractivity contribution is -0.122. The van der Waals surface area contributed by atoms with Crippen LogP contribution in [0.3, 0.4) is 0 Å². The summed E-state index contributed by atoms with van der Waals surface area (Å²) in [6.07, 6.45) is 4.06. The fraction of sp³-hybridized carbons (Fsp3) is 0.292. The number of carbonyl (C=O) groups excluding carboxylic acids is 3. The summed E-state index contributed by atoms with van der Waals surface area (Å²) in [5, 5.41) is 9.75. The summed E-state index contributed by atoms with van der Waals surface area (Å²) in [5.74, 6) is -0.981. The number of amides is 3. The predicted molar refractivity (Wildman–Crippen MR) is 121 cm³/mol. The Morgan fingerprint density at radius 3 is 2.64 bits per heavy atom. The molecular formula is C24H26N6O3. The highest BCUT2D eigenvalue weighted by Gasteiger charge is 2.27. The van der Waals surface area contributed by atoms with E-state index in [1.807, 2.05) is 36.4 Å². The molecule has 0 spiro atoms. The molecule has 3 amide bonds. The van der Waals surface area contributed by atoms with Gasteiger partial charge >= 0.3 is 0 Å². The van der Waals surface area contributed by atoms with Crippen LogP contribution in [0.4, 0.5) is 0 Å². The van der Waals surface area contributed by atoms with E-state index in [4.69, 9.17) is 0 Å². The highest BCUT2D eigenvalue weighted by atomic mass is 16.2. The van der Waals surface area contributed by atoms with Gasteiger partial charge in [0, 0.05) is 44.6 Å². The van der Waals surface area contributed by atoms with Crippen molar-refractivity contribution in [3.8, 4) is 0 Å². The standard InChI is InChI=1S/C24H26N6O3/c1-17(22(31)26-15-19-9-5-10-25-14-19)27-23(32)20-13-21-24(33)29(11-6-12-30(21)28-20)16-18-7-3-2-4-8-18/h2-5,7-10,13-14,17H,6,11-12,15-16H2,1H3,(H,26,31)(H,27,32)/t17-/m1/s1. The molecule has 0 unspecified atom stereocenters. The molecule has 0 aliphatic carbocycles. The molecule has 1 aliphatic rings.